The molecule has 1 nitrogen and oxygen atoms in total. The van der Waals surface area contributed by atoms with Crippen molar-refractivity contribution in [3.05, 3.63) is 35.9 Å². The van der Waals surface area contributed by atoms with Crippen LogP contribution in [0.25, 0.3) is 0 Å². The van der Waals surface area contributed by atoms with Gasteiger partial charge in [0.15, 0.2) is 0 Å². The van der Waals surface area contributed by atoms with E-state index in [-0.39, 0.29) is 11.7 Å². The Morgan fingerprint density at radius 1 is 1.00 bits per heavy atom. The Morgan fingerprint density at radius 3 is 2.00 bits per heavy atom. The fourth-order valence-electron chi connectivity index (χ4n) is 2.59. The van der Waals surface area contributed by atoms with Crippen LogP contribution < -0.4 is 0 Å². The quantitative estimate of drug-likeness (QED) is 0.714. The van der Waals surface area contributed by atoms with E-state index in [1.165, 1.54) is 5.56 Å². The van der Waals surface area contributed by atoms with Crippen molar-refractivity contribution >= 4 is 0 Å². The van der Waals surface area contributed by atoms with Gasteiger partial charge in [-0.15, -0.1) is 0 Å². The third kappa shape index (κ3) is 5.36. The second-order valence-electron chi connectivity index (χ2n) is 6.67. The molecule has 96 valence electrons. The summed E-state index contributed by atoms with van der Waals surface area (Å²) in [6, 6.07) is 10.4. The predicted octanol–water partition coefficient (Wildman–Crippen LogP) is 4.98. The molecule has 1 heteroatoms. The standard InChI is InChI=1S/C16H26O/c1-13(14-10-8-7-9-11-14)17-16(5,6)12-15(2,3)4/h7-11,13H,12H2,1-6H3. The van der Waals surface area contributed by atoms with E-state index in [1.54, 1.807) is 0 Å². The lowest BCUT2D eigenvalue weighted by molar-refractivity contribution is -0.0853. The Morgan fingerprint density at radius 2 is 1.53 bits per heavy atom. The van der Waals surface area contributed by atoms with Crippen molar-refractivity contribution in [1.82, 2.24) is 0 Å². The summed E-state index contributed by atoms with van der Waals surface area (Å²) in [4.78, 5) is 0. The molecule has 0 amide bonds. The molecule has 17 heavy (non-hydrogen) atoms. The molecule has 0 aliphatic carbocycles. The van der Waals surface area contributed by atoms with E-state index in [1.807, 2.05) is 6.07 Å². The van der Waals surface area contributed by atoms with Crippen LogP contribution in [0.4, 0.5) is 0 Å². The van der Waals surface area contributed by atoms with E-state index >= 15 is 0 Å². The molecule has 0 fully saturated rings. The molecule has 0 spiro atoms. The molecule has 0 aromatic heterocycles. The Bertz CT molecular complexity index is 332. The van der Waals surface area contributed by atoms with Gasteiger partial charge in [0.05, 0.1) is 11.7 Å². The third-order valence-electron chi connectivity index (χ3n) is 2.72. The Hall–Kier alpha value is -0.820. The van der Waals surface area contributed by atoms with Gasteiger partial charge in [-0.25, -0.2) is 0 Å². The van der Waals surface area contributed by atoms with E-state index in [0.29, 0.717) is 5.41 Å². The number of hydrogen-bond acceptors (Lipinski definition) is 1. The number of rotatable bonds is 4. The first kappa shape index (κ1) is 14.2. The SMILES string of the molecule is CC(OC(C)(C)CC(C)(C)C)c1ccccc1. The highest BCUT2D eigenvalue weighted by Crippen LogP contribution is 2.33. The van der Waals surface area contributed by atoms with Crippen LogP contribution in [0.3, 0.4) is 0 Å². The van der Waals surface area contributed by atoms with Gasteiger partial charge in [-0.05, 0) is 38.2 Å². The zero-order valence-corrected chi connectivity index (χ0v) is 12.1. The summed E-state index contributed by atoms with van der Waals surface area (Å²) in [5, 5.41) is 0. The zero-order chi connectivity index (χ0) is 13.1. The summed E-state index contributed by atoms with van der Waals surface area (Å²) in [6.45, 7) is 13.2. The van der Waals surface area contributed by atoms with Gasteiger partial charge in [-0.2, -0.15) is 0 Å². The topological polar surface area (TPSA) is 9.23 Å². The minimum Gasteiger partial charge on any atom is -0.368 e. The first-order chi connectivity index (χ1) is 7.70. The van der Waals surface area contributed by atoms with Gasteiger partial charge in [0.2, 0.25) is 0 Å². The van der Waals surface area contributed by atoms with Crippen molar-refractivity contribution in [2.75, 3.05) is 0 Å². The molecule has 0 aliphatic rings. The molecule has 0 N–H and O–H groups in total. The maximum absolute atomic E-state index is 6.20. The Labute approximate surface area is 106 Å². The van der Waals surface area contributed by atoms with E-state index < -0.39 is 0 Å². The average Bonchev–Trinajstić information content (AvgIpc) is 2.14. The number of ether oxygens (including phenoxy) is 1. The van der Waals surface area contributed by atoms with Gasteiger partial charge in [0.25, 0.3) is 0 Å². The van der Waals surface area contributed by atoms with Crippen LogP contribution in [0.2, 0.25) is 0 Å². The monoisotopic (exact) mass is 234 g/mol. The molecule has 1 aromatic rings. The van der Waals surface area contributed by atoms with Gasteiger partial charge in [0, 0.05) is 0 Å². The molecule has 0 saturated carbocycles. The van der Waals surface area contributed by atoms with Crippen LogP contribution in [0.5, 0.6) is 0 Å². The van der Waals surface area contributed by atoms with Crippen molar-refractivity contribution in [3.8, 4) is 0 Å². The van der Waals surface area contributed by atoms with Gasteiger partial charge >= 0.3 is 0 Å². The molecule has 0 saturated heterocycles. The smallest absolute Gasteiger partial charge is 0.0804 e. The van der Waals surface area contributed by atoms with Crippen LogP contribution >= 0.6 is 0 Å². The molecule has 0 bridgehead atoms. The molecule has 0 heterocycles. The molecule has 0 aliphatic heterocycles. The number of hydrogen-bond donors (Lipinski definition) is 0. The fourth-order valence-corrected chi connectivity index (χ4v) is 2.59. The third-order valence-corrected chi connectivity index (χ3v) is 2.72. The van der Waals surface area contributed by atoms with E-state index in [0.717, 1.165) is 6.42 Å². The normalized spacial score (nSPS) is 14.7. The highest BCUT2D eigenvalue weighted by Gasteiger charge is 2.28. The zero-order valence-electron chi connectivity index (χ0n) is 12.1. The second kappa shape index (κ2) is 5.22. The molecule has 1 aromatic carbocycles. The van der Waals surface area contributed by atoms with Gasteiger partial charge in [-0.1, -0.05) is 51.1 Å². The van der Waals surface area contributed by atoms with Crippen molar-refractivity contribution in [1.29, 1.82) is 0 Å². The lowest BCUT2D eigenvalue weighted by Crippen LogP contribution is -2.31. The van der Waals surface area contributed by atoms with Crippen molar-refractivity contribution in [2.45, 2.75) is 59.7 Å². The molecule has 0 radical (unpaired) electrons. The second-order valence-corrected chi connectivity index (χ2v) is 6.67. The Balaban J connectivity index is 2.65. The van der Waals surface area contributed by atoms with Crippen LogP contribution in [0.15, 0.2) is 30.3 Å². The largest absolute Gasteiger partial charge is 0.368 e. The minimum atomic E-state index is -0.0898. The van der Waals surface area contributed by atoms with Crippen LogP contribution in [0.1, 0.15) is 59.6 Å². The predicted molar refractivity (Wildman–Crippen MR) is 74.1 cm³/mol. The van der Waals surface area contributed by atoms with Crippen molar-refractivity contribution in [2.24, 2.45) is 5.41 Å². The summed E-state index contributed by atoms with van der Waals surface area (Å²) in [5.41, 5.74) is 1.45. The van der Waals surface area contributed by atoms with E-state index in [9.17, 15) is 0 Å². The molecule has 1 atom stereocenters. The van der Waals surface area contributed by atoms with Crippen molar-refractivity contribution < 1.29 is 4.74 Å². The highest BCUT2D eigenvalue weighted by molar-refractivity contribution is 5.17. The average molecular weight is 234 g/mol. The van der Waals surface area contributed by atoms with Gasteiger partial charge in [0.1, 0.15) is 0 Å². The molecule has 1 unspecified atom stereocenters. The maximum atomic E-state index is 6.20. The highest BCUT2D eigenvalue weighted by atomic mass is 16.5. The van der Waals surface area contributed by atoms with Crippen LogP contribution in [-0.2, 0) is 4.74 Å². The summed E-state index contributed by atoms with van der Waals surface area (Å²) in [5.74, 6) is 0. The first-order valence-electron chi connectivity index (χ1n) is 6.42. The van der Waals surface area contributed by atoms with Crippen molar-refractivity contribution in [3.63, 3.8) is 0 Å². The maximum Gasteiger partial charge on any atom is 0.0804 e. The molecular formula is C16H26O. The van der Waals surface area contributed by atoms with Gasteiger partial charge < -0.3 is 4.74 Å². The van der Waals surface area contributed by atoms with E-state index in [2.05, 4.69) is 65.8 Å². The summed E-state index contributed by atoms with van der Waals surface area (Å²) in [6.07, 6.45) is 1.20. The van der Waals surface area contributed by atoms with Crippen LogP contribution in [-0.4, -0.2) is 5.60 Å². The Kier molecular flexibility index (Phi) is 4.37. The van der Waals surface area contributed by atoms with E-state index in [4.69, 9.17) is 4.74 Å². The van der Waals surface area contributed by atoms with Gasteiger partial charge in [-0.3, -0.25) is 0 Å². The summed E-state index contributed by atoms with van der Waals surface area (Å²) < 4.78 is 6.20. The molecular weight excluding hydrogens is 208 g/mol. The fraction of sp³-hybridized carbons (Fsp3) is 0.625. The summed E-state index contributed by atoms with van der Waals surface area (Å²) in [7, 11) is 0. The lowest BCUT2D eigenvalue weighted by Gasteiger charge is -2.35. The lowest BCUT2D eigenvalue weighted by atomic mass is 9.83. The summed E-state index contributed by atoms with van der Waals surface area (Å²) >= 11 is 0. The minimum absolute atomic E-state index is 0.0898. The molecule has 1 rings (SSSR count). The number of benzene rings is 1. The first-order valence-corrected chi connectivity index (χ1v) is 6.42. The van der Waals surface area contributed by atoms with Crippen LogP contribution in [0, 0.1) is 5.41 Å².